The average molecular weight is 436 g/mol. The Balaban J connectivity index is 0.00000176. The highest BCUT2D eigenvalue weighted by Crippen LogP contribution is 2.21. The Morgan fingerprint density at radius 2 is 2.00 bits per heavy atom. The maximum absolute atomic E-state index is 12.7. The van der Waals surface area contributed by atoms with Gasteiger partial charge in [0, 0.05) is 48.9 Å². The number of rotatable bonds is 2. The molecule has 0 radical (unpaired) electrons. The zero-order valence-corrected chi connectivity index (χ0v) is 15.8. The third-order valence-corrected chi connectivity index (χ3v) is 5.41. The SMILES string of the molecule is Cc1ccc(I)c(C(=O)N2CCC(N3CCNCC3)C2)c1.Cl. The summed E-state index contributed by atoms with van der Waals surface area (Å²) >= 11 is 2.26. The summed E-state index contributed by atoms with van der Waals surface area (Å²) in [6, 6.07) is 6.65. The molecular formula is C16H23ClIN3O. The van der Waals surface area contributed by atoms with Crippen LogP contribution in [0.1, 0.15) is 22.3 Å². The van der Waals surface area contributed by atoms with Gasteiger partial charge in [0.2, 0.25) is 0 Å². The first kappa shape index (κ1) is 18.0. The van der Waals surface area contributed by atoms with E-state index in [9.17, 15) is 4.79 Å². The Labute approximate surface area is 152 Å². The molecule has 1 aromatic carbocycles. The minimum atomic E-state index is 0. The van der Waals surface area contributed by atoms with Crippen LogP contribution in [0.15, 0.2) is 18.2 Å². The molecule has 1 aromatic rings. The number of benzene rings is 1. The number of hydrogen-bond donors (Lipinski definition) is 1. The molecule has 2 saturated heterocycles. The number of carbonyl (C=O) groups is 1. The molecule has 0 saturated carbocycles. The molecule has 22 heavy (non-hydrogen) atoms. The second-order valence-corrected chi connectivity index (χ2v) is 7.13. The molecule has 1 N–H and O–H groups in total. The summed E-state index contributed by atoms with van der Waals surface area (Å²) in [4.78, 5) is 17.3. The average Bonchev–Trinajstić information content (AvgIpc) is 3.00. The van der Waals surface area contributed by atoms with E-state index in [0.29, 0.717) is 6.04 Å². The van der Waals surface area contributed by atoms with Crippen LogP contribution in [0.3, 0.4) is 0 Å². The lowest BCUT2D eigenvalue weighted by Gasteiger charge is -2.32. The van der Waals surface area contributed by atoms with E-state index >= 15 is 0 Å². The van der Waals surface area contributed by atoms with Crippen molar-refractivity contribution in [2.45, 2.75) is 19.4 Å². The van der Waals surface area contributed by atoms with E-state index in [4.69, 9.17) is 0 Å². The van der Waals surface area contributed by atoms with Crippen LogP contribution in [0.25, 0.3) is 0 Å². The van der Waals surface area contributed by atoms with Gasteiger partial charge in [-0.15, -0.1) is 12.4 Å². The van der Waals surface area contributed by atoms with Crippen LogP contribution in [0.4, 0.5) is 0 Å². The Morgan fingerprint density at radius 1 is 1.27 bits per heavy atom. The number of carbonyl (C=O) groups excluding carboxylic acids is 1. The first-order chi connectivity index (χ1) is 10.1. The van der Waals surface area contributed by atoms with Gasteiger partial charge in [-0.1, -0.05) is 11.6 Å². The van der Waals surface area contributed by atoms with E-state index in [1.54, 1.807) is 0 Å². The predicted molar refractivity (Wildman–Crippen MR) is 99.9 cm³/mol. The number of halogens is 2. The topological polar surface area (TPSA) is 35.6 Å². The van der Waals surface area contributed by atoms with Gasteiger partial charge in [0.25, 0.3) is 5.91 Å². The van der Waals surface area contributed by atoms with Gasteiger partial charge in [-0.05, 0) is 48.1 Å². The van der Waals surface area contributed by atoms with Crippen molar-refractivity contribution in [2.75, 3.05) is 39.3 Å². The molecule has 3 rings (SSSR count). The third kappa shape index (κ3) is 3.93. The lowest BCUT2D eigenvalue weighted by atomic mass is 10.1. The van der Waals surface area contributed by atoms with Crippen LogP contribution < -0.4 is 5.32 Å². The van der Waals surface area contributed by atoms with Crippen LogP contribution in [-0.2, 0) is 0 Å². The van der Waals surface area contributed by atoms with E-state index < -0.39 is 0 Å². The predicted octanol–water partition coefficient (Wildman–Crippen LogP) is 2.14. The van der Waals surface area contributed by atoms with Gasteiger partial charge in [-0.2, -0.15) is 0 Å². The minimum Gasteiger partial charge on any atom is -0.337 e. The molecule has 4 nitrogen and oxygen atoms in total. The number of likely N-dealkylation sites (tertiary alicyclic amines) is 1. The van der Waals surface area contributed by atoms with Crippen LogP contribution in [0.2, 0.25) is 0 Å². The summed E-state index contributed by atoms with van der Waals surface area (Å²) < 4.78 is 1.05. The molecule has 2 heterocycles. The summed E-state index contributed by atoms with van der Waals surface area (Å²) in [5.41, 5.74) is 2.01. The Hall–Kier alpha value is -0.370. The van der Waals surface area contributed by atoms with Gasteiger partial charge in [0.05, 0.1) is 5.56 Å². The van der Waals surface area contributed by atoms with Crippen LogP contribution in [0, 0.1) is 10.5 Å². The fraction of sp³-hybridized carbons (Fsp3) is 0.562. The highest BCUT2D eigenvalue weighted by Gasteiger charge is 2.31. The lowest BCUT2D eigenvalue weighted by Crippen LogP contribution is -2.49. The zero-order chi connectivity index (χ0) is 14.8. The first-order valence-electron chi connectivity index (χ1n) is 7.65. The smallest absolute Gasteiger partial charge is 0.254 e. The van der Waals surface area contributed by atoms with E-state index in [0.717, 1.165) is 60.4 Å². The molecule has 0 spiro atoms. The second-order valence-electron chi connectivity index (χ2n) is 5.96. The maximum Gasteiger partial charge on any atom is 0.254 e. The molecule has 1 atom stereocenters. The summed E-state index contributed by atoms with van der Waals surface area (Å²) in [6.07, 6.45) is 1.11. The number of amides is 1. The molecule has 6 heteroatoms. The van der Waals surface area contributed by atoms with E-state index in [1.165, 1.54) is 0 Å². The molecule has 2 aliphatic rings. The minimum absolute atomic E-state index is 0. The summed E-state index contributed by atoms with van der Waals surface area (Å²) in [5.74, 6) is 0.195. The Kier molecular flexibility index (Phi) is 6.49. The quantitative estimate of drug-likeness (QED) is 0.723. The highest BCUT2D eigenvalue weighted by atomic mass is 127. The molecule has 2 fully saturated rings. The number of aryl methyl sites for hydroxylation is 1. The standard InChI is InChI=1S/C16H22IN3O.ClH/c1-12-2-3-15(17)14(10-12)16(21)20-7-4-13(11-20)19-8-5-18-6-9-19;/h2-3,10,13,18H,4-9,11H2,1H3;1H. The van der Waals surface area contributed by atoms with Gasteiger partial charge in [-0.3, -0.25) is 9.69 Å². The van der Waals surface area contributed by atoms with Crippen molar-refractivity contribution < 1.29 is 4.79 Å². The van der Waals surface area contributed by atoms with Crippen LogP contribution in [-0.4, -0.2) is 61.0 Å². The number of piperazine rings is 1. The highest BCUT2D eigenvalue weighted by molar-refractivity contribution is 14.1. The molecule has 1 unspecified atom stereocenters. The van der Waals surface area contributed by atoms with Gasteiger partial charge < -0.3 is 10.2 Å². The van der Waals surface area contributed by atoms with Crippen molar-refractivity contribution in [3.63, 3.8) is 0 Å². The number of hydrogen-bond acceptors (Lipinski definition) is 3. The normalized spacial score (nSPS) is 22.5. The second kappa shape index (κ2) is 7.95. The van der Waals surface area contributed by atoms with E-state index in [1.807, 2.05) is 24.0 Å². The number of nitrogens with zero attached hydrogens (tertiary/aromatic N) is 2. The molecular weight excluding hydrogens is 413 g/mol. The van der Waals surface area contributed by atoms with Crippen LogP contribution in [0.5, 0.6) is 0 Å². The molecule has 0 aliphatic carbocycles. The Bertz CT molecular complexity index is 534. The van der Waals surface area contributed by atoms with Crippen molar-refractivity contribution in [3.05, 3.63) is 32.9 Å². The summed E-state index contributed by atoms with van der Waals surface area (Å²) in [6.45, 7) is 8.16. The van der Waals surface area contributed by atoms with E-state index in [-0.39, 0.29) is 18.3 Å². The molecule has 0 bridgehead atoms. The summed E-state index contributed by atoms with van der Waals surface area (Å²) in [7, 11) is 0. The van der Waals surface area contributed by atoms with Gasteiger partial charge in [-0.25, -0.2) is 0 Å². The molecule has 1 amide bonds. The summed E-state index contributed by atoms with van der Waals surface area (Å²) in [5, 5.41) is 3.39. The van der Waals surface area contributed by atoms with E-state index in [2.05, 4.69) is 38.9 Å². The zero-order valence-electron chi connectivity index (χ0n) is 12.8. The lowest BCUT2D eigenvalue weighted by molar-refractivity contribution is 0.0772. The van der Waals surface area contributed by atoms with Crippen molar-refractivity contribution in [1.82, 2.24) is 15.1 Å². The fourth-order valence-electron chi connectivity index (χ4n) is 3.24. The first-order valence-corrected chi connectivity index (χ1v) is 8.73. The fourth-order valence-corrected chi connectivity index (χ4v) is 3.81. The van der Waals surface area contributed by atoms with Gasteiger partial charge >= 0.3 is 0 Å². The maximum atomic E-state index is 12.7. The van der Waals surface area contributed by atoms with Crippen molar-refractivity contribution in [2.24, 2.45) is 0 Å². The third-order valence-electron chi connectivity index (χ3n) is 4.47. The van der Waals surface area contributed by atoms with Crippen molar-refractivity contribution >= 4 is 40.9 Å². The van der Waals surface area contributed by atoms with Crippen LogP contribution >= 0.6 is 35.0 Å². The molecule has 0 aromatic heterocycles. The Morgan fingerprint density at radius 3 is 2.73 bits per heavy atom. The van der Waals surface area contributed by atoms with Crippen molar-refractivity contribution in [3.8, 4) is 0 Å². The molecule has 122 valence electrons. The molecule has 2 aliphatic heterocycles. The monoisotopic (exact) mass is 435 g/mol. The largest absolute Gasteiger partial charge is 0.337 e. The van der Waals surface area contributed by atoms with Gasteiger partial charge in [0.15, 0.2) is 0 Å². The van der Waals surface area contributed by atoms with Crippen molar-refractivity contribution in [1.29, 1.82) is 0 Å². The van der Waals surface area contributed by atoms with Gasteiger partial charge in [0.1, 0.15) is 0 Å². The number of nitrogens with one attached hydrogen (secondary N) is 1.